The van der Waals surface area contributed by atoms with Crippen LogP contribution in [0.5, 0.6) is 0 Å². The fourth-order valence-corrected chi connectivity index (χ4v) is 5.02. The number of amides is 1. The number of sulfonamides is 1. The van der Waals surface area contributed by atoms with Crippen LogP contribution in [0.3, 0.4) is 0 Å². The number of anilines is 1. The Morgan fingerprint density at radius 1 is 0.844 bits per heavy atom. The Bertz CT molecular complexity index is 1140. The average molecular weight is 451 g/mol. The molecule has 32 heavy (non-hydrogen) atoms. The fraction of sp³-hybridized carbons (Fsp3) is 0.269. The summed E-state index contributed by atoms with van der Waals surface area (Å²) in [5.41, 5.74) is 4.79. The van der Waals surface area contributed by atoms with E-state index >= 15 is 0 Å². The average Bonchev–Trinajstić information content (AvgIpc) is 2.76. The first kappa shape index (κ1) is 23.5. The molecule has 0 bridgehead atoms. The van der Waals surface area contributed by atoms with Gasteiger partial charge in [0.2, 0.25) is 5.91 Å². The molecule has 0 spiro atoms. The molecule has 0 aliphatic heterocycles. The van der Waals surface area contributed by atoms with Crippen LogP contribution >= 0.6 is 0 Å². The lowest BCUT2D eigenvalue weighted by Crippen LogP contribution is -2.41. The predicted octanol–water partition coefficient (Wildman–Crippen LogP) is 4.56. The molecular formula is C26H30N2O3S. The molecule has 6 heteroatoms. The number of hydrogen-bond acceptors (Lipinski definition) is 3. The molecule has 0 radical (unpaired) electrons. The molecule has 0 atom stereocenters. The van der Waals surface area contributed by atoms with Crippen molar-refractivity contribution in [2.75, 3.05) is 17.4 Å². The van der Waals surface area contributed by atoms with E-state index in [0.717, 1.165) is 24.0 Å². The summed E-state index contributed by atoms with van der Waals surface area (Å²) < 4.78 is 28.0. The number of rotatable bonds is 9. The van der Waals surface area contributed by atoms with Crippen molar-refractivity contribution in [1.29, 1.82) is 0 Å². The number of carbonyl (C=O) groups excluding carboxylic acids is 1. The molecule has 0 aliphatic rings. The van der Waals surface area contributed by atoms with Crippen molar-refractivity contribution in [3.8, 4) is 0 Å². The van der Waals surface area contributed by atoms with Crippen LogP contribution in [0, 0.1) is 20.8 Å². The van der Waals surface area contributed by atoms with Crippen LogP contribution in [0.25, 0.3) is 0 Å². The Morgan fingerprint density at radius 2 is 1.47 bits per heavy atom. The maximum absolute atomic E-state index is 13.4. The highest BCUT2D eigenvalue weighted by atomic mass is 32.2. The third kappa shape index (κ3) is 6.20. The first-order chi connectivity index (χ1) is 15.3. The SMILES string of the molecule is Cc1ccc(CCCNC(=O)CN(c2cc(C)cc(C)c2)S(=O)(=O)c2ccccc2)cc1. The third-order valence-corrected chi connectivity index (χ3v) is 6.99. The van der Waals surface area contributed by atoms with Gasteiger partial charge in [-0.1, -0.05) is 54.1 Å². The van der Waals surface area contributed by atoms with Crippen molar-refractivity contribution >= 4 is 21.6 Å². The minimum absolute atomic E-state index is 0.159. The summed E-state index contributed by atoms with van der Waals surface area (Å²) in [6.07, 6.45) is 1.63. The van der Waals surface area contributed by atoms with Gasteiger partial charge in [-0.25, -0.2) is 8.42 Å². The molecule has 5 nitrogen and oxygen atoms in total. The van der Waals surface area contributed by atoms with Gasteiger partial charge in [0.1, 0.15) is 6.54 Å². The van der Waals surface area contributed by atoms with E-state index in [1.165, 1.54) is 15.4 Å². The van der Waals surface area contributed by atoms with Gasteiger partial charge >= 0.3 is 0 Å². The van der Waals surface area contributed by atoms with E-state index < -0.39 is 10.0 Å². The zero-order chi connectivity index (χ0) is 23.1. The number of nitrogens with zero attached hydrogens (tertiary/aromatic N) is 1. The molecule has 0 saturated heterocycles. The van der Waals surface area contributed by atoms with Crippen LogP contribution in [-0.2, 0) is 21.2 Å². The van der Waals surface area contributed by atoms with Crippen LogP contribution in [0.2, 0.25) is 0 Å². The number of benzene rings is 3. The summed E-state index contributed by atoms with van der Waals surface area (Å²) in [6, 6.07) is 22.1. The lowest BCUT2D eigenvalue weighted by molar-refractivity contribution is -0.119. The molecule has 0 unspecified atom stereocenters. The molecule has 3 rings (SSSR count). The van der Waals surface area contributed by atoms with Crippen LogP contribution < -0.4 is 9.62 Å². The van der Waals surface area contributed by atoms with Gasteiger partial charge in [0.15, 0.2) is 0 Å². The van der Waals surface area contributed by atoms with Crippen LogP contribution in [0.4, 0.5) is 5.69 Å². The molecule has 0 aromatic heterocycles. The second kappa shape index (κ2) is 10.5. The highest BCUT2D eigenvalue weighted by Crippen LogP contribution is 2.25. The van der Waals surface area contributed by atoms with Gasteiger partial charge in [-0.3, -0.25) is 9.10 Å². The van der Waals surface area contributed by atoms with Crippen molar-refractivity contribution in [2.24, 2.45) is 0 Å². The van der Waals surface area contributed by atoms with E-state index in [-0.39, 0.29) is 17.3 Å². The molecule has 168 valence electrons. The van der Waals surface area contributed by atoms with Gasteiger partial charge < -0.3 is 5.32 Å². The summed E-state index contributed by atoms with van der Waals surface area (Å²) >= 11 is 0. The van der Waals surface area contributed by atoms with Crippen molar-refractivity contribution < 1.29 is 13.2 Å². The van der Waals surface area contributed by atoms with E-state index in [1.54, 1.807) is 42.5 Å². The summed E-state index contributed by atoms with van der Waals surface area (Å²) in [5, 5.41) is 2.87. The largest absolute Gasteiger partial charge is 0.355 e. The standard InChI is InChI=1S/C26H30N2O3S/c1-20-11-13-23(14-12-20)8-7-15-27-26(29)19-28(24-17-21(2)16-22(3)18-24)32(30,31)25-9-5-4-6-10-25/h4-6,9-14,16-18H,7-8,15,19H2,1-3H3,(H,27,29). The molecule has 3 aromatic rings. The van der Waals surface area contributed by atoms with Gasteiger partial charge in [0, 0.05) is 6.54 Å². The molecular weight excluding hydrogens is 420 g/mol. The number of hydrogen-bond donors (Lipinski definition) is 1. The molecule has 0 aliphatic carbocycles. The third-order valence-electron chi connectivity index (χ3n) is 5.20. The number of carbonyl (C=O) groups is 1. The molecule has 0 saturated carbocycles. The predicted molar refractivity (Wildman–Crippen MR) is 129 cm³/mol. The summed E-state index contributed by atoms with van der Waals surface area (Å²) in [6.45, 7) is 6.09. The van der Waals surface area contributed by atoms with Gasteiger partial charge in [-0.15, -0.1) is 0 Å². The number of nitrogens with one attached hydrogen (secondary N) is 1. The van der Waals surface area contributed by atoms with E-state index in [0.29, 0.717) is 12.2 Å². The van der Waals surface area contributed by atoms with E-state index in [4.69, 9.17) is 0 Å². The van der Waals surface area contributed by atoms with Crippen molar-refractivity contribution in [3.63, 3.8) is 0 Å². The van der Waals surface area contributed by atoms with E-state index in [9.17, 15) is 13.2 Å². The van der Waals surface area contributed by atoms with E-state index in [2.05, 4.69) is 36.5 Å². The van der Waals surface area contributed by atoms with Crippen LogP contribution in [-0.4, -0.2) is 27.4 Å². The molecule has 1 amide bonds. The van der Waals surface area contributed by atoms with E-state index in [1.807, 2.05) is 19.9 Å². The van der Waals surface area contributed by atoms with Crippen molar-refractivity contribution in [1.82, 2.24) is 5.32 Å². The topological polar surface area (TPSA) is 66.5 Å². The Hall–Kier alpha value is -3.12. The monoisotopic (exact) mass is 450 g/mol. The van der Waals surface area contributed by atoms with Gasteiger partial charge in [0.25, 0.3) is 10.0 Å². The minimum Gasteiger partial charge on any atom is -0.355 e. The highest BCUT2D eigenvalue weighted by molar-refractivity contribution is 7.92. The molecule has 0 heterocycles. The molecule has 0 fully saturated rings. The molecule has 3 aromatic carbocycles. The maximum atomic E-state index is 13.4. The summed E-state index contributed by atoms with van der Waals surface area (Å²) in [5.74, 6) is -0.326. The molecule has 1 N–H and O–H groups in total. The summed E-state index contributed by atoms with van der Waals surface area (Å²) in [4.78, 5) is 12.9. The second-order valence-corrected chi connectivity index (χ2v) is 9.97. The normalized spacial score (nSPS) is 11.2. The fourth-order valence-electron chi connectivity index (χ4n) is 3.59. The quantitative estimate of drug-likeness (QED) is 0.486. The Labute approximate surface area is 191 Å². The van der Waals surface area contributed by atoms with Crippen LogP contribution in [0.15, 0.2) is 77.7 Å². The summed E-state index contributed by atoms with van der Waals surface area (Å²) in [7, 11) is -3.89. The van der Waals surface area contributed by atoms with Crippen LogP contribution in [0.1, 0.15) is 28.7 Å². The first-order valence-corrected chi connectivity index (χ1v) is 12.2. The second-order valence-electron chi connectivity index (χ2n) is 8.11. The van der Waals surface area contributed by atoms with Gasteiger partial charge in [-0.2, -0.15) is 0 Å². The van der Waals surface area contributed by atoms with Gasteiger partial charge in [-0.05, 0) is 74.6 Å². The smallest absolute Gasteiger partial charge is 0.264 e. The Balaban J connectivity index is 1.72. The minimum atomic E-state index is -3.89. The lowest BCUT2D eigenvalue weighted by atomic mass is 10.1. The van der Waals surface area contributed by atoms with Crippen molar-refractivity contribution in [2.45, 2.75) is 38.5 Å². The zero-order valence-electron chi connectivity index (χ0n) is 18.8. The zero-order valence-corrected chi connectivity index (χ0v) is 19.7. The Kier molecular flexibility index (Phi) is 7.70. The lowest BCUT2D eigenvalue weighted by Gasteiger charge is -2.25. The van der Waals surface area contributed by atoms with Gasteiger partial charge in [0.05, 0.1) is 10.6 Å². The Morgan fingerprint density at radius 3 is 2.09 bits per heavy atom. The van der Waals surface area contributed by atoms with Crippen molar-refractivity contribution in [3.05, 3.63) is 95.1 Å². The first-order valence-electron chi connectivity index (χ1n) is 10.7. The number of aryl methyl sites for hydroxylation is 4. The maximum Gasteiger partial charge on any atom is 0.264 e. The highest BCUT2D eigenvalue weighted by Gasteiger charge is 2.27.